The lowest BCUT2D eigenvalue weighted by Gasteiger charge is -2.11. The molecule has 1 aromatic rings. The standard InChI is InChI=1S/C13H13N3O4/c1-20-12(17)9-2-3-11(16(18)19)10(15-9)8-13(4-5-13)6-7-14/h2-3H,4-6,8H2,1H3. The van der Waals surface area contributed by atoms with Gasteiger partial charge in [0.2, 0.25) is 0 Å². The Balaban J connectivity index is 2.35. The predicted octanol–water partition coefficient (Wildman–Crippen LogP) is 2.01. The van der Waals surface area contributed by atoms with Crippen LogP contribution in [0.5, 0.6) is 0 Å². The number of esters is 1. The number of pyridine rings is 1. The molecule has 1 saturated carbocycles. The van der Waals surface area contributed by atoms with Crippen LogP contribution in [0, 0.1) is 26.9 Å². The fraction of sp³-hybridized carbons (Fsp3) is 0.462. The fourth-order valence-electron chi connectivity index (χ4n) is 2.12. The first-order chi connectivity index (χ1) is 9.51. The summed E-state index contributed by atoms with van der Waals surface area (Å²) in [7, 11) is 1.23. The van der Waals surface area contributed by atoms with Crippen molar-refractivity contribution in [3.05, 3.63) is 33.6 Å². The van der Waals surface area contributed by atoms with Crippen LogP contribution in [0.3, 0.4) is 0 Å². The molecule has 0 unspecified atom stereocenters. The average Bonchev–Trinajstić information content (AvgIpc) is 3.17. The Kier molecular flexibility index (Phi) is 3.66. The van der Waals surface area contributed by atoms with E-state index in [1.54, 1.807) is 0 Å². The predicted molar refractivity (Wildman–Crippen MR) is 67.8 cm³/mol. The first-order valence-corrected chi connectivity index (χ1v) is 6.11. The average molecular weight is 275 g/mol. The van der Waals surface area contributed by atoms with Gasteiger partial charge in [0.25, 0.3) is 5.69 Å². The first kappa shape index (κ1) is 13.9. The van der Waals surface area contributed by atoms with Gasteiger partial charge in [-0.1, -0.05) is 0 Å². The summed E-state index contributed by atoms with van der Waals surface area (Å²) in [5, 5.41) is 19.8. The number of hydrogen-bond donors (Lipinski definition) is 0. The zero-order valence-electron chi connectivity index (χ0n) is 11.0. The van der Waals surface area contributed by atoms with Crippen molar-refractivity contribution < 1.29 is 14.5 Å². The zero-order valence-corrected chi connectivity index (χ0v) is 11.0. The molecule has 1 aliphatic rings. The maximum atomic E-state index is 11.4. The van der Waals surface area contributed by atoms with Crippen molar-refractivity contribution in [1.82, 2.24) is 4.98 Å². The summed E-state index contributed by atoms with van der Waals surface area (Å²) in [6, 6.07) is 4.63. The van der Waals surface area contributed by atoms with Gasteiger partial charge in [-0.2, -0.15) is 5.26 Å². The van der Waals surface area contributed by atoms with Gasteiger partial charge < -0.3 is 4.74 Å². The van der Waals surface area contributed by atoms with Crippen molar-refractivity contribution in [3.63, 3.8) is 0 Å². The SMILES string of the molecule is COC(=O)c1ccc([N+](=O)[O-])c(CC2(CC#N)CC2)n1. The van der Waals surface area contributed by atoms with Gasteiger partial charge in [0, 0.05) is 18.9 Å². The van der Waals surface area contributed by atoms with Crippen LogP contribution in [0.4, 0.5) is 5.69 Å². The van der Waals surface area contributed by atoms with E-state index >= 15 is 0 Å². The number of rotatable bonds is 5. The molecule has 20 heavy (non-hydrogen) atoms. The fourth-order valence-corrected chi connectivity index (χ4v) is 2.12. The summed E-state index contributed by atoms with van der Waals surface area (Å²) in [5.74, 6) is -0.633. The quantitative estimate of drug-likeness (QED) is 0.462. The van der Waals surface area contributed by atoms with Gasteiger partial charge in [-0.25, -0.2) is 9.78 Å². The van der Waals surface area contributed by atoms with E-state index in [9.17, 15) is 14.9 Å². The molecule has 104 valence electrons. The third kappa shape index (κ3) is 2.74. The summed E-state index contributed by atoms with van der Waals surface area (Å²) in [6.07, 6.45) is 2.37. The number of hydrogen-bond acceptors (Lipinski definition) is 6. The van der Waals surface area contributed by atoms with E-state index in [1.807, 2.05) is 0 Å². The molecule has 0 spiro atoms. The highest BCUT2D eigenvalue weighted by atomic mass is 16.6. The minimum Gasteiger partial charge on any atom is -0.464 e. The molecule has 0 saturated heterocycles. The normalized spacial score (nSPS) is 15.2. The second-order valence-electron chi connectivity index (χ2n) is 4.92. The molecule has 2 rings (SSSR count). The van der Waals surface area contributed by atoms with E-state index < -0.39 is 10.9 Å². The Bertz CT molecular complexity index is 602. The van der Waals surface area contributed by atoms with Gasteiger partial charge in [0.1, 0.15) is 11.4 Å². The smallest absolute Gasteiger partial charge is 0.356 e. The minimum absolute atomic E-state index is 0.0425. The number of nitriles is 1. The minimum atomic E-state index is -0.633. The second kappa shape index (κ2) is 5.25. The zero-order chi connectivity index (χ0) is 14.8. The molecule has 1 fully saturated rings. The number of nitrogens with zero attached hydrogens (tertiary/aromatic N) is 3. The van der Waals surface area contributed by atoms with Crippen LogP contribution in [0.2, 0.25) is 0 Å². The van der Waals surface area contributed by atoms with Crippen molar-refractivity contribution in [1.29, 1.82) is 5.26 Å². The molecule has 7 nitrogen and oxygen atoms in total. The lowest BCUT2D eigenvalue weighted by atomic mass is 9.95. The molecular weight excluding hydrogens is 262 g/mol. The molecule has 0 N–H and O–H groups in total. The van der Waals surface area contributed by atoms with Crippen LogP contribution in [-0.2, 0) is 11.2 Å². The number of carbonyl (C=O) groups is 1. The molecule has 0 aromatic carbocycles. The van der Waals surface area contributed by atoms with E-state index in [4.69, 9.17) is 5.26 Å². The maximum absolute atomic E-state index is 11.4. The van der Waals surface area contributed by atoms with Crippen molar-refractivity contribution in [3.8, 4) is 6.07 Å². The molecule has 0 radical (unpaired) electrons. The Morgan fingerprint density at radius 1 is 1.60 bits per heavy atom. The molecule has 1 heterocycles. The van der Waals surface area contributed by atoms with Gasteiger partial charge in [0.15, 0.2) is 0 Å². The van der Waals surface area contributed by atoms with Gasteiger partial charge in [0.05, 0.1) is 18.1 Å². The number of nitro groups is 1. The van der Waals surface area contributed by atoms with Gasteiger partial charge in [-0.05, 0) is 24.3 Å². The van der Waals surface area contributed by atoms with E-state index in [2.05, 4.69) is 15.8 Å². The second-order valence-corrected chi connectivity index (χ2v) is 4.92. The molecular formula is C13H13N3O4. The topological polar surface area (TPSA) is 106 Å². The van der Waals surface area contributed by atoms with Gasteiger partial charge in [-0.3, -0.25) is 10.1 Å². The van der Waals surface area contributed by atoms with Crippen molar-refractivity contribution in [2.24, 2.45) is 5.41 Å². The van der Waals surface area contributed by atoms with Crippen LogP contribution in [-0.4, -0.2) is 23.0 Å². The highest BCUT2D eigenvalue weighted by Gasteiger charge is 2.44. The molecule has 0 bridgehead atoms. The van der Waals surface area contributed by atoms with Gasteiger partial charge in [-0.15, -0.1) is 0 Å². The summed E-state index contributed by atoms with van der Waals surface area (Å²) in [6.45, 7) is 0. The first-order valence-electron chi connectivity index (χ1n) is 6.11. The largest absolute Gasteiger partial charge is 0.464 e. The monoisotopic (exact) mass is 275 g/mol. The third-order valence-electron chi connectivity index (χ3n) is 3.49. The number of carbonyl (C=O) groups excluding carboxylic acids is 1. The number of aromatic nitrogens is 1. The van der Waals surface area contributed by atoms with E-state index in [0.29, 0.717) is 12.8 Å². The Morgan fingerprint density at radius 2 is 2.30 bits per heavy atom. The van der Waals surface area contributed by atoms with E-state index in [1.165, 1.54) is 19.2 Å². The summed E-state index contributed by atoms with van der Waals surface area (Å²) >= 11 is 0. The van der Waals surface area contributed by atoms with Crippen molar-refractivity contribution in [2.45, 2.75) is 25.7 Å². The third-order valence-corrected chi connectivity index (χ3v) is 3.49. The Labute approximate surface area is 115 Å². The molecule has 0 aliphatic heterocycles. The van der Waals surface area contributed by atoms with Crippen molar-refractivity contribution >= 4 is 11.7 Å². The van der Waals surface area contributed by atoms with Crippen LogP contribution in [0.15, 0.2) is 12.1 Å². The molecule has 1 aliphatic carbocycles. The summed E-state index contributed by atoms with van der Waals surface area (Å²) in [5.41, 5.74) is -0.0604. The van der Waals surface area contributed by atoms with Crippen LogP contribution in [0.1, 0.15) is 35.4 Å². The van der Waals surface area contributed by atoms with Crippen LogP contribution < -0.4 is 0 Å². The lowest BCUT2D eigenvalue weighted by molar-refractivity contribution is -0.386. The number of ether oxygens (including phenoxy) is 1. The van der Waals surface area contributed by atoms with Gasteiger partial charge >= 0.3 is 5.97 Å². The van der Waals surface area contributed by atoms with Crippen molar-refractivity contribution in [2.75, 3.05) is 7.11 Å². The lowest BCUT2D eigenvalue weighted by Crippen LogP contribution is -2.12. The van der Waals surface area contributed by atoms with E-state index in [0.717, 1.165) is 12.8 Å². The highest BCUT2D eigenvalue weighted by molar-refractivity contribution is 5.87. The number of methoxy groups -OCH3 is 1. The molecule has 7 heteroatoms. The summed E-state index contributed by atoms with van der Waals surface area (Å²) in [4.78, 5) is 26.0. The Morgan fingerprint density at radius 3 is 2.80 bits per heavy atom. The highest BCUT2D eigenvalue weighted by Crippen LogP contribution is 2.51. The summed E-state index contributed by atoms with van der Waals surface area (Å²) < 4.78 is 4.56. The van der Waals surface area contributed by atoms with Crippen LogP contribution >= 0.6 is 0 Å². The Hall–Kier alpha value is -2.49. The molecule has 0 atom stereocenters. The van der Waals surface area contributed by atoms with E-state index in [-0.39, 0.29) is 22.5 Å². The van der Waals surface area contributed by atoms with Crippen LogP contribution in [0.25, 0.3) is 0 Å². The maximum Gasteiger partial charge on any atom is 0.356 e. The molecule has 0 amide bonds. The molecule has 1 aromatic heterocycles.